The van der Waals surface area contributed by atoms with Crippen LogP contribution in [0.15, 0.2) is 42.5 Å². The molecule has 1 fully saturated rings. The van der Waals surface area contributed by atoms with Crippen molar-refractivity contribution >= 4 is 16.0 Å². The van der Waals surface area contributed by atoms with E-state index in [-0.39, 0.29) is 18.5 Å². The highest BCUT2D eigenvalue weighted by Crippen LogP contribution is 2.47. The number of methoxy groups -OCH3 is 1. The maximum atomic E-state index is 13.3. The van der Waals surface area contributed by atoms with Crippen molar-refractivity contribution in [3.63, 3.8) is 0 Å². The Morgan fingerprint density at radius 3 is 2.37 bits per heavy atom. The molecule has 2 aromatic rings. The molecule has 1 saturated heterocycles. The largest absolute Gasteiger partial charge is 0.497 e. The molecule has 9 nitrogen and oxygen atoms in total. The van der Waals surface area contributed by atoms with Gasteiger partial charge in [0.2, 0.25) is 16.8 Å². The van der Waals surface area contributed by atoms with E-state index in [2.05, 4.69) is 11.8 Å². The predicted octanol–water partition coefficient (Wildman–Crippen LogP) is 5.28. The molecule has 0 aromatic heterocycles. The first-order valence-corrected chi connectivity index (χ1v) is 16.4. The summed E-state index contributed by atoms with van der Waals surface area (Å²) in [4.78, 5) is 15.0. The smallest absolute Gasteiger partial charge is 0.309 e. The molecule has 0 aliphatic carbocycles. The van der Waals surface area contributed by atoms with Crippen LogP contribution in [0.3, 0.4) is 0 Å². The van der Waals surface area contributed by atoms with Gasteiger partial charge in [0.15, 0.2) is 11.5 Å². The quantitative estimate of drug-likeness (QED) is 0.264. The molecule has 3 atom stereocenters. The standard InChI is InChI=1S/C31H44N2O7S/c1-4-6-7-8-9-19-41(36,37)33(16-5-2)18-17-32-21-26(24-12-15-27-28(20-24)40-22-39-27)29(31(34)35)30(32)23-10-13-25(38-3)14-11-23/h10-15,20,26,29-30H,4-9,16-19,21-22H2,1-3H3,(H,34,35)/t26-,29+,30-/m1/s1. The van der Waals surface area contributed by atoms with Crippen molar-refractivity contribution in [2.75, 3.05) is 45.8 Å². The zero-order valence-corrected chi connectivity index (χ0v) is 25.3. The number of rotatable bonds is 16. The van der Waals surface area contributed by atoms with Crippen molar-refractivity contribution in [3.05, 3.63) is 53.6 Å². The third-order valence-corrected chi connectivity index (χ3v) is 10.1. The van der Waals surface area contributed by atoms with Crippen molar-refractivity contribution in [1.82, 2.24) is 9.21 Å². The Balaban J connectivity index is 1.59. The van der Waals surface area contributed by atoms with Crippen molar-refractivity contribution in [2.24, 2.45) is 5.92 Å². The summed E-state index contributed by atoms with van der Waals surface area (Å²) < 4.78 is 44.6. The number of aliphatic carboxylic acids is 1. The SMILES string of the molecule is CCCCCCCS(=O)(=O)N(CCC)CCN1C[C@H](c2ccc3c(c2)OCO3)[C@H](C(=O)O)[C@H]1c1ccc(OC)cc1. The Kier molecular flexibility index (Phi) is 10.9. The van der Waals surface area contributed by atoms with Crippen LogP contribution in [0.4, 0.5) is 0 Å². The number of unbranched alkanes of at least 4 members (excludes halogenated alkanes) is 4. The van der Waals surface area contributed by atoms with Crippen LogP contribution in [0.1, 0.15) is 75.5 Å². The first-order chi connectivity index (χ1) is 19.8. The topological polar surface area (TPSA) is 106 Å². The monoisotopic (exact) mass is 588 g/mol. The van der Waals surface area contributed by atoms with Gasteiger partial charge in [-0.1, -0.05) is 57.7 Å². The molecule has 226 valence electrons. The molecular weight excluding hydrogens is 544 g/mol. The lowest BCUT2D eigenvalue weighted by Crippen LogP contribution is -2.40. The van der Waals surface area contributed by atoms with Crippen molar-refractivity contribution in [2.45, 2.75) is 64.3 Å². The second-order valence-corrected chi connectivity index (χ2v) is 13.0. The highest BCUT2D eigenvalue weighted by Gasteiger charge is 2.47. The number of ether oxygens (including phenoxy) is 3. The second kappa shape index (κ2) is 14.4. The van der Waals surface area contributed by atoms with Gasteiger partial charge in [0, 0.05) is 38.1 Å². The van der Waals surface area contributed by atoms with E-state index < -0.39 is 28.0 Å². The van der Waals surface area contributed by atoms with Gasteiger partial charge in [-0.25, -0.2) is 12.7 Å². The van der Waals surface area contributed by atoms with Gasteiger partial charge in [0.05, 0.1) is 18.8 Å². The van der Waals surface area contributed by atoms with Crippen molar-refractivity contribution in [3.8, 4) is 17.2 Å². The molecule has 2 heterocycles. The van der Waals surface area contributed by atoms with Gasteiger partial charge in [-0.15, -0.1) is 0 Å². The van der Waals surface area contributed by atoms with E-state index in [1.54, 1.807) is 11.4 Å². The van der Waals surface area contributed by atoms with Crippen LogP contribution in [0, 0.1) is 5.92 Å². The van der Waals surface area contributed by atoms with Gasteiger partial charge >= 0.3 is 5.97 Å². The van der Waals surface area contributed by atoms with E-state index in [1.165, 1.54) is 0 Å². The number of hydrogen-bond acceptors (Lipinski definition) is 7. The number of likely N-dealkylation sites (tertiary alicyclic amines) is 1. The summed E-state index contributed by atoms with van der Waals surface area (Å²) in [5.74, 6) is 0.165. The Hall–Kier alpha value is -2.82. The number of carbonyl (C=O) groups is 1. The lowest BCUT2D eigenvalue weighted by molar-refractivity contribution is -0.143. The van der Waals surface area contributed by atoms with Crippen LogP contribution >= 0.6 is 0 Å². The predicted molar refractivity (Wildman–Crippen MR) is 158 cm³/mol. The molecule has 2 aliphatic heterocycles. The van der Waals surface area contributed by atoms with Crippen LogP contribution in [0.2, 0.25) is 0 Å². The summed E-state index contributed by atoms with van der Waals surface area (Å²) >= 11 is 0. The maximum absolute atomic E-state index is 13.3. The lowest BCUT2D eigenvalue weighted by atomic mass is 9.82. The molecule has 4 rings (SSSR count). The molecule has 41 heavy (non-hydrogen) atoms. The number of carboxylic acids is 1. The van der Waals surface area contributed by atoms with Gasteiger partial charge in [-0.2, -0.15) is 0 Å². The van der Waals surface area contributed by atoms with E-state index in [9.17, 15) is 18.3 Å². The third kappa shape index (κ3) is 7.53. The molecule has 2 aliphatic rings. The van der Waals surface area contributed by atoms with Crippen LogP contribution in [-0.2, 0) is 14.8 Å². The molecule has 0 saturated carbocycles. The third-order valence-electron chi connectivity index (χ3n) is 8.17. The molecule has 0 radical (unpaired) electrons. The average Bonchev–Trinajstić information content (AvgIpc) is 3.59. The highest BCUT2D eigenvalue weighted by molar-refractivity contribution is 7.89. The van der Waals surface area contributed by atoms with Crippen LogP contribution in [0.5, 0.6) is 17.2 Å². The van der Waals surface area contributed by atoms with E-state index in [0.717, 1.165) is 36.8 Å². The van der Waals surface area contributed by atoms with Crippen LogP contribution in [-0.4, -0.2) is 74.5 Å². The highest BCUT2D eigenvalue weighted by atomic mass is 32.2. The van der Waals surface area contributed by atoms with Gasteiger partial charge < -0.3 is 19.3 Å². The molecule has 0 amide bonds. The summed E-state index contributed by atoms with van der Waals surface area (Å²) in [6.45, 7) is 5.94. The molecule has 1 N–H and O–H groups in total. The van der Waals surface area contributed by atoms with E-state index in [0.29, 0.717) is 56.3 Å². The summed E-state index contributed by atoms with van der Waals surface area (Å²) in [7, 11) is -1.82. The fourth-order valence-corrected chi connectivity index (χ4v) is 7.68. The minimum absolute atomic E-state index is 0.146. The van der Waals surface area contributed by atoms with Crippen LogP contribution in [0.25, 0.3) is 0 Å². The molecule has 0 bridgehead atoms. The normalized spacial score (nSPS) is 20.5. The first-order valence-electron chi connectivity index (χ1n) is 14.8. The number of fused-ring (bicyclic) bond motifs is 1. The fraction of sp³-hybridized carbons (Fsp3) is 0.581. The van der Waals surface area contributed by atoms with E-state index in [4.69, 9.17) is 14.2 Å². The Bertz CT molecular complexity index is 1250. The van der Waals surface area contributed by atoms with Crippen molar-refractivity contribution in [1.29, 1.82) is 0 Å². The Morgan fingerprint density at radius 2 is 1.68 bits per heavy atom. The van der Waals surface area contributed by atoms with Crippen molar-refractivity contribution < 1.29 is 32.5 Å². The minimum Gasteiger partial charge on any atom is -0.497 e. The van der Waals surface area contributed by atoms with Crippen LogP contribution < -0.4 is 14.2 Å². The Morgan fingerprint density at radius 1 is 0.976 bits per heavy atom. The number of carboxylic acid groups (broad SMARTS) is 1. The summed E-state index contributed by atoms with van der Waals surface area (Å²) in [5.41, 5.74) is 1.73. The van der Waals surface area contributed by atoms with Gasteiger partial charge in [-0.05, 0) is 48.2 Å². The molecule has 10 heteroatoms. The minimum atomic E-state index is -3.41. The van der Waals surface area contributed by atoms with E-state index >= 15 is 0 Å². The fourth-order valence-electron chi connectivity index (χ4n) is 6.04. The summed E-state index contributed by atoms with van der Waals surface area (Å²) in [6, 6.07) is 12.7. The molecule has 2 aromatic carbocycles. The first kappa shape index (κ1) is 31.1. The zero-order chi connectivity index (χ0) is 29.4. The van der Waals surface area contributed by atoms with Gasteiger partial charge in [0.25, 0.3) is 0 Å². The molecule has 0 spiro atoms. The number of sulfonamides is 1. The summed E-state index contributed by atoms with van der Waals surface area (Å²) in [5, 5.41) is 10.5. The average molecular weight is 589 g/mol. The van der Waals surface area contributed by atoms with Gasteiger partial charge in [0.1, 0.15) is 5.75 Å². The number of hydrogen-bond donors (Lipinski definition) is 1. The maximum Gasteiger partial charge on any atom is 0.309 e. The number of nitrogens with zero attached hydrogens (tertiary/aromatic N) is 2. The molecule has 0 unspecified atom stereocenters. The van der Waals surface area contributed by atoms with E-state index in [1.807, 2.05) is 49.4 Å². The lowest BCUT2D eigenvalue weighted by Gasteiger charge is -2.30. The second-order valence-electron chi connectivity index (χ2n) is 10.9. The summed E-state index contributed by atoms with van der Waals surface area (Å²) in [6.07, 6.45) is 5.58. The van der Waals surface area contributed by atoms with Gasteiger partial charge in [-0.3, -0.25) is 9.69 Å². The zero-order valence-electron chi connectivity index (χ0n) is 24.5. The number of benzene rings is 2. The molecular formula is C31H44N2O7S. The Labute approximate surface area is 244 Å².